The summed E-state index contributed by atoms with van der Waals surface area (Å²) in [6.07, 6.45) is 5.50. The Balaban J connectivity index is 1.48. The molecule has 1 aromatic carbocycles. The molecule has 8 heteroatoms. The number of esters is 1. The number of carbonyl (C=O) groups excluding carboxylic acids is 2. The summed E-state index contributed by atoms with van der Waals surface area (Å²) in [6.45, 7) is 1.68. The highest BCUT2D eigenvalue weighted by atomic mass is 35.5. The Morgan fingerprint density at radius 2 is 2.10 bits per heavy atom. The number of halogens is 2. The smallest absolute Gasteiger partial charge is 0.341 e. The summed E-state index contributed by atoms with van der Waals surface area (Å²) in [5.74, 6) is -1.06. The van der Waals surface area contributed by atoms with E-state index in [1.54, 1.807) is 12.1 Å². The highest BCUT2D eigenvalue weighted by molar-refractivity contribution is 7.17. The molecule has 1 aliphatic heterocycles. The first kappa shape index (κ1) is 22.2. The second kappa shape index (κ2) is 9.67. The van der Waals surface area contributed by atoms with Gasteiger partial charge in [-0.05, 0) is 62.8 Å². The number of benzene rings is 1. The van der Waals surface area contributed by atoms with Crippen LogP contribution in [0.15, 0.2) is 18.2 Å². The van der Waals surface area contributed by atoms with E-state index in [0.29, 0.717) is 34.2 Å². The van der Waals surface area contributed by atoms with Gasteiger partial charge in [-0.15, -0.1) is 11.3 Å². The van der Waals surface area contributed by atoms with E-state index in [4.69, 9.17) is 16.3 Å². The van der Waals surface area contributed by atoms with Crippen LogP contribution in [0.2, 0.25) is 5.02 Å². The van der Waals surface area contributed by atoms with E-state index >= 15 is 0 Å². The zero-order valence-corrected chi connectivity index (χ0v) is 19.1. The molecule has 0 saturated carbocycles. The Morgan fingerprint density at radius 3 is 2.87 bits per heavy atom. The van der Waals surface area contributed by atoms with Crippen molar-refractivity contribution in [3.8, 4) is 0 Å². The standard InChI is InChI=1S/C23H26ClFN2O3S/c1-30-23(29)20-15-7-2-3-10-19(15)31-22(20)26-21(28)14-6-5-11-27(12-14)13-16-17(24)8-4-9-18(16)25/h4,8-9,14H,2-3,5-7,10-13H2,1H3,(H,26,28). The second-order valence-corrected chi connectivity index (χ2v) is 9.68. The van der Waals surface area contributed by atoms with Crippen molar-refractivity contribution in [1.82, 2.24) is 4.90 Å². The summed E-state index contributed by atoms with van der Waals surface area (Å²) in [4.78, 5) is 28.7. The van der Waals surface area contributed by atoms with Crippen molar-refractivity contribution in [2.24, 2.45) is 5.92 Å². The van der Waals surface area contributed by atoms with Gasteiger partial charge in [0, 0.05) is 28.6 Å². The summed E-state index contributed by atoms with van der Waals surface area (Å²) in [7, 11) is 1.37. The van der Waals surface area contributed by atoms with Gasteiger partial charge in [-0.3, -0.25) is 9.69 Å². The maximum absolute atomic E-state index is 14.2. The first-order valence-corrected chi connectivity index (χ1v) is 11.9. The van der Waals surface area contributed by atoms with Gasteiger partial charge < -0.3 is 10.1 Å². The fourth-order valence-electron chi connectivity index (χ4n) is 4.51. The zero-order chi connectivity index (χ0) is 22.0. The van der Waals surface area contributed by atoms with Crippen LogP contribution in [-0.4, -0.2) is 37.0 Å². The van der Waals surface area contributed by atoms with Gasteiger partial charge in [0.25, 0.3) is 0 Å². The molecule has 0 spiro atoms. The number of aryl methyl sites for hydroxylation is 1. The molecule has 1 N–H and O–H groups in total. The van der Waals surface area contributed by atoms with Gasteiger partial charge in [0.05, 0.1) is 18.6 Å². The Kier molecular flexibility index (Phi) is 6.94. The van der Waals surface area contributed by atoms with Crippen molar-refractivity contribution in [2.45, 2.75) is 45.1 Å². The summed E-state index contributed by atoms with van der Waals surface area (Å²) in [5, 5.41) is 4.01. The number of nitrogens with zero attached hydrogens (tertiary/aromatic N) is 1. The number of piperidine rings is 1. The fraction of sp³-hybridized carbons (Fsp3) is 0.478. The van der Waals surface area contributed by atoms with E-state index in [9.17, 15) is 14.0 Å². The van der Waals surface area contributed by atoms with Gasteiger partial charge in [0.1, 0.15) is 10.8 Å². The van der Waals surface area contributed by atoms with Gasteiger partial charge in [0.2, 0.25) is 5.91 Å². The van der Waals surface area contributed by atoms with Gasteiger partial charge >= 0.3 is 5.97 Å². The van der Waals surface area contributed by atoms with Crippen LogP contribution < -0.4 is 5.32 Å². The largest absolute Gasteiger partial charge is 0.465 e. The molecular formula is C23H26ClFN2O3S. The SMILES string of the molecule is COC(=O)c1c(NC(=O)C2CCCN(Cc3c(F)cccc3Cl)C2)sc2c1CCCC2. The molecule has 4 rings (SSSR count). The number of hydrogen-bond acceptors (Lipinski definition) is 5. The molecule has 1 amide bonds. The lowest BCUT2D eigenvalue weighted by Crippen LogP contribution is -2.40. The monoisotopic (exact) mass is 464 g/mol. The summed E-state index contributed by atoms with van der Waals surface area (Å²) in [5.41, 5.74) is 2.00. The molecule has 1 saturated heterocycles. The second-order valence-electron chi connectivity index (χ2n) is 8.17. The Bertz CT molecular complexity index is 973. The maximum Gasteiger partial charge on any atom is 0.341 e. The Labute approximate surface area is 190 Å². The molecule has 166 valence electrons. The van der Waals surface area contributed by atoms with Crippen LogP contribution in [0.4, 0.5) is 9.39 Å². The minimum Gasteiger partial charge on any atom is -0.465 e. The van der Waals surface area contributed by atoms with E-state index < -0.39 is 5.97 Å². The average molecular weight is 465 g/mol. The molecule has 1 atom stereocenters. The predicted molar refractivity (Wildman–Crippen MR) is 120 cm³/mol. The number of nitrogens with one attached hydrogen (secondary N) is 1. The van der Waals surface area contributed by atoms with Crippen LogP contribution in [0, 0.1) is 11.7 Å². The molecule has 0 radical (unpaired) electrons. The number of thiophene rings is 1. The average Bonchev–Trinajstić information content (AvgIpc) is 3.14. The van der Waals surface area contributed by atoms with Crippen LogP contribution in [0.25, 0.3) is 0 Å². The van der Waals surface area contributed by atoms with Crippen molar-refractivity contribution >= 4 is 39.8 Å². The Morgan fingerprint density at radius 1 is 1.29 bits per heavy atom. The number of fused-ring (bicyclic) bond motifs is 1. The number of ether oxygens (including phenoxy) is 1. The lowest BCUT2D eigenvalue weighted by molar-refractivity contribution is -0.121. The number of likely N-dealkylation sites (tertiary alicyclic amines) is 1. The summed E-state index contributed by atoms with van der Waals surface area (Å²) >= 11 is 7.67. The van der Waals surface area contributed by atoms with Crippen LogP contribution >= 0.6 is 22.9 Å². The van der Waals surface area contributed by atoms with Crippen molar-refractivity contribution in [2.75, 3.05) is 25.5 Å². The first-order chi connectivity index (χ1) is 15.0. The molecule has 1 fully saturated rings. The van der Waals surface area contributed by atoms with Gasteiger partial charge in [-0.2, -0.15) is 0 Å². The van der Waals surface area contributed by atoms with Crippen LogP contribution in [-0.2, 0) is 28.9 Å². The van der Waals surface area contributed by atoms with Crippen LogP contribution in [0.1, 0.15) is 52.0 Å². The predicted octanol–water partition coefficient (Wildman–Crippen LogP) is 5.06. The lowest BCUT2D eigenvalue weighted by Gasteiger charge is -2.32. The van der Waals surface area contributed by atoms with Gasteiger partial charge in [-0.1, -0.05) is 17.7 Å². The molecule has 31 heavy (non-hydrogen) atoms. The molecule has 1 aliphatic carbocycles. The number of carbonyl (C=O) groups is 2. The van der Waals surface area contributed by atoms with E-state index in [1.165, 1.54) is 29.4 Å². The highest BCUT2D eigenvalue weighted by Crippen LogP contribution is 2.39. The third-order valence-electron chi connectivity index (χ3n) is 6.12. The molecule has 2 aromatic rings. The summed E-state index contributed by atoms with van der Waals surface area (Å²) in [6, 6.07) is 4.68. The minimum absolute atomic E-state index is 0.104. The van der Waals surface area contributed by atoms with Crippen molar-refractivity contribution in [3.63, 3.8) is 0 Å². The van der Waals surface area contributed by atoms with Crippen molar-refractivity contribution in [1.29, 1.82) is 0 Å². The van der Waals surface area contributed by atoms with Gasteiger partial charge in [0.15, 0.2) is 0 Å². The lowest BCUT2D eigenvalue weighted by atomic mass is 9.95. The molecule has 0 bridgehead atoms. The molecule has 1 aromatic heterocycles. The minimum atomic E-state index is -0.394. The third kappa shape index (κ3) is 4.78. The number of hydrogen-bond donors (Lipinski definition) is 1. The number of anilines is 1. The highest BCUT2D eigenvalue weighted by Gasteiger charge is 2.31. The summed E-state index contributed by atoms with van der Waals surface area (Å²) < 4.78 is 19.2. The maximum atomic E-state index is 14.2. The number of amides is 1. The quantitative estimate of drug-likeness (QED) is 0.628. The molecular weight excluding hydrogens is 439 g/mol. The van der Waals surface area contributed by atoms with Crippen LogP contribution in [0.3, 0.4) is 0 Å². The van der Waals surface area contributed by atoms with E-state index in [-0.39, 0.29) is 17.6 Å². The normalized spacial score (nSPS) is 19.0. The fourth-order valence-corrected chi connectivity index (χ4v) is 6.01. The van der Waals surface area contributed by atoms with Gasteiger partial charge in [-0.25, -0.2) is 9.18 Å². The number of methoxy groups -OCH3 is 1. The van der Waals surface area contributed by atoms with Crippen molar-refractivity contribution < 1.29 is 18.7 Å². The number of rotatable bonds is 5. The molecule has 5 nitrogen and oxygen atoms in total. The van der Waals surface area contributed by atoms with E-state index in [0.717, 1.165) is 50.6 Å². The Hall–Kier alpha value is -1.96. The van der Waals surface area contributed by atoms with E-state index in [1.807, 2.05) is 0 Å². The molecule has 1 unspecified atom stereocenters. The van der Waals surface area contributed by atoms with Crippen LogP contribution in [0.5, 0.6) is 0 Å². The van der Waals surface area contributed by atoms with E-state index in [2.05, 4.69) is 10.2 Å². The molecule has 2 heterocycles. The third-order valence-corrected chi connectivity index (χ3v) is 7.68. The topological polar surface area (TPSA) is 58.6 Å². The zero-order valence-electron chi connectivity index (χ0n) is 17.5. The first-order valence-electron chi connectivity index (χ1n) is 10.7. The molecule has 2 aliphatic rings. The van der Waals surface area contributed by atoms with Crippen molar-refractivity contribution in [3.05, 3.63) is 50.6 Å².